The van der Waals surface area contributed by atoms with Gasteiger partial charge in [-0.1, -0.05) is 12.8 Å². The molecule has 19 heavy (non-hydrogen) atoms. The number of nitrogens with zero attached hydrogens (tertiary/aromatic N) is 1. The SMILES string of the molecule is COCC1CCN(CCCCCCNC(C)(C)C)C1. The molecule has 1 aliphatic heterocycles. The van der Waals surface area contributed by atoms with E-state index >= 15 is 0 Å². The van der Waals surface area contributed by atoms with Crippen LogP contribution in [0.15, 0.2) is 0 Å². The van der Waals surface area contributed by atoms with E-state index in [1.165, 1.54) is 51.7 Å². The zero-order valence-corrected chi connectivity index (χ0v) is 13.5. The molecule has 0 amide bonds. The molecule has 3 heteroatoms. The van der Waals surface area contributed by atoms with Crippen LogP contribution in [0.5, 0.6) is 0 Å². The van der Waals surface area contributed by atoms with E-state index in [1.807, 2.05) is 7.11 Å². The predicted molar refractivity (Wildman–Crippen MR) is 82.6 cm³/mol. The first-order chi connectivity index (χ1) is 9.01. The number of rotatable bonds is 9. The predicted octanol–water partition coefficient (Wildman–Crippen LogP) is 2.90. The molecule has 1 fully saturated rings. The second-order valence-electron chi connectivity index (χ2n) is 7.00. The Morgan fingerprint density at radius 3 is 2.58 bits per heavy atom. The summed E-state index contributed by atoms with van der Waals surface area (Å²) < 4.78 is 5.24. The van der Waals surface area contributed by atoms with Gasteiger partial charge in [0.1, 0.15) is 0 Å². The molecule has 1 N–H and O–H groups in total. The minimum Gasteiger partial charge on any atom is -0.384 e. The van der Waals surface area contributed by atoms with Crippen LogP contribution in [0.25, 0.3) is 0 Å². The number of nitrogens with one attached hydrogen (secondary N) is 1. The van der Waals surface area contributed by atoms with Crippen molar-refractivity contribution in [1.82, 2.24) is 10.2 Å². The van der Waals surface area contributed by atoms with Crippen molar-refractivity contribution in [2.24, 2.45) is 5.92 Å². The van der Waals surface area contributed by atoms with E-state index < -0.39 is 0 Å². The Balaban J connectivity index is 1.89. The van der Waals surface area contributed by atoms with Crippen LogP contribution in [-0.4, -0.2) is 50.3 Å². The van der Waals surface area contributed by atoms with Gasteiger partial charge in [-0.2, -0.15) is 0 Å². The lowest BCUT2D eigenvalue weighted by Crippen LogP contribution is -2.36. The van der Waals surface area contributed by atoms with Crippen LogP contribution in [0.2, 0.25) is 0 Å². The van der Waals surface area contributed by atoms with E-state index in [0.717, 1.165) is 19.1 Å². The molecular formula is C16H34N2O. The van der Waals surface area contributed by atoms with Crippen LogP contribution in [0, 0.1) is 5.92 Å². The average molecular weight is 270 g/mol. The van der Waals surface area contributed by atoms with Crippen molar-refractivity contribution in [2.75, 3.05) is 39.9 Å². The summed E-state index contributed by atoms with van der Waals surface area (Å²) in [6, 6.07) is 0. The third-order valence-corrected chi connectivity index (χ3v) is 3.83. The number of hydrogen-bond acceptors (Lipinski definition) is 3. The van der Waals surface area contributed by atoms with Gasteiger partial charge in [-0.3, -0.25) is 0 Å². The summed E-state index contributed by atoms with van der Waals surface area (Å²) in [6.45, 7) is 12.6. The third-order valence-electron chi connectivity index (χ3n) is 3.83. The zero-order chi connectivity index (χ0) is 14.1. The van der Waals surface area contributed by atoms with Crippen molar-refractivity contribution in [3.63, 3.8) is 0 Å². The molecular weight excluding hydrogens is 236 g/mol. The lowest BCUT2D eigenvalue weighted by atomic mass is 10.1. The van der Waals surface area contributed by atoms with Gasteiger partial charge >= 0.3 is 0 Å². The molecule has 0 saturated carbocycles. The summed E-state index contributed by atoms with van der Waals surface area (Å²) in [7, 11) is 1.81. The molecule has 0 radical (unpaired) electrons. The fourth-order valence-electron chi connectivity index (χ4n) is 2.77. The molecule has 114 valence electrons. The number of hydrogen-bond donors (Lipinski definition) is 1. The molecule has 1 saturated heterocycles. The summed E-state index contributed by atoms with van der Waals surface area (Å²) in [5.41, 5.74) is 0.270. The molecule has 1 atom stereocenters. The molecule has 3 nitrogen and oxygen atoms in total. The highest BCUT2D eigenvalue weighted by Gasteiger charge is 2.21. The monoisotopic (exact) mass is 270 g/mol. The average Bonchev–Trinajstić information content (AvgIpc) is 2.75. The van der Waals surface area contributed by atoms with Crippen molar-refractivity contribution in [1.29, 1.82) is 0 Å². The van der Waals surface area contributed by atoms with Crippen LogP contribution in [0.3, 0.4) is 0 Å². The maximum atomic E-state index is 5.24. The second kappa shape index (κ2) is 8.93. The fraction of sp³-hybridized carbons (Fsp3) is 1.00. The molecule has 0 aromatic carbocycles. The molecule has 1 unspecified atom stereocenters. The van der Waals surface area contributed by atoms with Gasteiger partial charge < -0.3 is 15.0 Å². The normalized spacial score (nSPS) is 21.2. The maximum absolute atomic E-state index is 5.24. The van der Waals surface area contributed by atoms with Gasteiger partial charge in [-0.05, 0) is 65.6 Å². The molecule has 1 heterocycles. The van der Waals surface area contributed by atoms with Crippen molar-refractivity contribution in [3.05, 3.63) is 0 Å². The first-order valence-corrected chi connectivity index (χ1v) is 7.97. The quantitative estimate of drug-likeness (QED) is 0.652. The van der Waals surface area contributed by atoms with Crippen LogP contribution >= 0.6 is 0 Å². The van der Waals surface area contributed by atoms with Crippen LogP contribution in [-0.2, 0) is 4.74 Å². The van der Waals surface area contributed by atoms with Crippen LogP contribution < -0.4 is 5.32 Å². The molecule has 0 aromatic rings. The van der Waals surface area contributed by atoms with Crippen molar-refractivity contribution in [2.45, 2.75) is 58.4 Å². The Morgan fingerprint density at radius 1 is 1.16 bits per heavy atom. The van der Waals surface area contributed by atoms with E-state index in [0.29, 0.717) is 0 Å². The Labute approximate surface area is 120 Å². The van der Waals surface area contributed by atoms with Gasteiger partial charge in [-0.25, -0.2) is 0 Å². The maximum Gasteiger partial charge on any atom is 0.0503 e. The van der Waals surface area contributed by atoms with E-state index in [-0.39, 0.29) is 5.54 Å². The van der Waals surface area contributed by atoms with Crippen molar-refractivity contribution >= 4 is 0 Å². The summed E-state index contributed by atoms with van der Waals surface area (Å²) in [5, 5.41) is 3.55. The van der Waals surface area contributed by atoms with Crippen LogP contribution in [0.1, 0.15) is 52.9 Å². The number of likely N-dealkylation sites (tertiary alicyclic amines) is 1. The van der Waals surface area contributed by atoms with Gasteiger partial charge in [0.25, 0.3) is 0 Å². The van der Waals surface area contributed by atoms with Gasteiger partial charge in [0.15, 0.2) is 0 Å². The Bertz CT molecular complexity index is 225. The first kappa shape index (κ1) is 16.9. The first-order valence-electron chi connectivity index (χ1n) is 7.97. The molecule has 0 bridgehead atoms. The number of methoxy groups -OCH3 is 1. The van der Waals surface area contributed by atoms with Gasteiger partial charge in [0.05, 0.1) is 6.61 Å². The highest BCUT2D eigenvalue weighted by Crippen LogP contribution is 2.17. The van der Waals surface area contributed by atoms with E-state index in [2.05, 4.69) is 31.0 Å². The van der Waals surface area contributed by atoms with Gasteiger partial charge in [-0.15, -0.1) is 0 Å². The minimum absolute atomic E-state index is 0.270. The Morgan fingerprint density at radius 2 is 1.89 bits per heavy atom. The lowest BCUT2D eigenvalue weighted by molar-refractivity contribution is 0.153. The van der Waals surface area contributed by atoms with Crippen LogP contribution in [0.4, 0.5) is 0 Å². The van der Waals surface area contributed by atoms with Crippen molar-refractivity contribution < 1.29 is 4.74 Å². The lowest BCUT2D eigenvalue weighted by Gasteiger charge is -2.20. The highest BCUT2D eigenvalue weighted by molar-refractivity contribution is 4.75. The van der Waals surface area contributed by atoms with Crippen molar-refractivity contribution in [3.8, 4) is 0 Å². The smallest absolute Gasteiger partial charge is 0.0503 e. The second-order valence-corrected chi connectivity index (χ2v) is 7.00. The topological polar surface area (TPSA) is 24.5 Å². The fourth-order valence-corrected chi connectivity index (χ4v) is 2.77. The Hall–Kier alpha value is -0.120. The van der Waals surface area contributed by atoms with Gasteiger partial charge in [0, 0.05) is 19.2 Å². The molecule has 1 aliphatic rings. The number of unbranched alkanes of at least 4 members (excludes halogenated alkanes) is 3. The largest absolute Gasteiger partial charge is 0.384 e. The summed E-state index contributed by atoms with van der Waals surface area (Å²) in [5.74, 6) is 0.779. The third kappa shape index (κ3) is 8.61. The summed E-state index contributed by atoms with van der Waals surface area (Å²) in [6.07, 6.45) is 6.72. The standard InChI is InChI=1S/C16H34N2O/c1-16(2,3)17-10-7-5-6-8-11-18-12-9-15(13-18)14-19-4/h15,17H,5-14H2,1-4H3. The van der Waals surface area contributed by atoms with E-state index in [1.54, 1.807) is 0 Å². The number of ether oxygens (including phenoxy) is 1. The van der Waals surface area contributed by atoms with E-state index in [9.17, 15) is 0 Å². The summed E-state index contributed by atoms with van der Waals surface area (Å²) >= 11 is 0. The summed E-state index contributed by atoms with van der Waals surface area (Å²) in [4.78, 5) is 2.61. The minimum atomic E-state index is 0.270. The Kier molecular flexibility index (Phi) is 7.96. The molecule has 0 aliphatic carbocycles. The van der Waals surface area contributed by atoms with Gasteiger partial charge in [0.2, 0.25) is 0 Å². The molecule has 0 aromatic heterocycles. The zero-order valence-electron chi connectivity index (χ0n) is 13.5. The highest BCUT2D eigenvalue weighted by atomic mass is 16.5. The van der Waals surface area contributed by atoms with E-state index in [4.69, 9.17) is 4.74 Å². The molecule has 0 spiro atoms. The molecule has 1 rings (SSSR count).